The van der Waals surface area contributed by atoms with Gasteiger partial charge in [-0.15, -0.1) is 0 Å². The van der Waals surface area contributed by atoms with E-state index in [1.54, 1.807) is 0 Å². The van der Waals surface area contributed by atoms with E-state index in [2.05, 4.69) is 18.2 Å². The Bertz CT molecular complexity index is 278. The molecule has 0 fully saturated rings. The SMILES string of the molecule is CCOCc1ccc2c(c1)CC2. The van der Waals surface area contributed by atoms with Crippen molar-refractivity contribution in [3.63, 3.8) is 0 Å². The highest BCUT2D eigenvalue weighted by atomic mass is 16.5. The van der Waals surface area contributed by atoms with Crippen LogP contribution < -0.4 is 0 Å². The Morgan fingerprint density at radius 1 is 1.25 bits per heavy atom. The molecule has 12 heavy (non-hydrogen) atoms. The molecule has 0 spiro atoms. The lowest BCUT2D eigenvalue weighted by molar-refractivity contribution is 0.134. The first-order chi connectivity index (χ1) is 5.90. The van der Waals surface area contributed by atoms with E-state index in [4.69, 9.17) is 4.74 Å². The molecule has 1 aromatic rings. The monoisotopic (exact) mass is 162 g/mol. The summed E-state index contributed by atoms with van der Waals surface area (Å²) in [5, 5.41) is 0. The molecule has 0 unspecified atom stereocenters. The molecule has 1 heteroatoms. The minimum absolute atomic E-state index is 0.768. The minimum Gasteiger partial charge on any atom is -0.377 e. The predicted octanol–water partition coefficient (Wildman–Crippen LogP) is 2.32. The lowest BCUT2D eigenvalue weighted by Gasteiger charge is -2.19. The molecule has 0 aromatic heterocycles. The summed E-state index contributed by atoms with van der Waals surface area (Å²) in [6, 6.07) is 6.68. The van der Waals surface area contributed by atoms with E-state index < -0.39 is 0 Å². The van der Waals surface area contributed by atoms with Crippen LogP contribution in [0.25, 0.3) is 0 Å². The van der Waals surface area contributed by atoms with Crippen LogP contribution in [0.4, 0.5) is 0 Å². The molecule has 0 saturated heterocycles. The summed E-state index contributed by atoms with van der Waals surface area (Å²) < 4.78 is 5.34. The average Bonchev–Trinajstić information content (AvgIpc) is 2.05. The van der Waals surface area contributed by atoms with Gasteiger partial charge in [-0.3, -0.25) is 0 Å². The van der Waals surface area contributed by atoms with Gasteiger partial charge in [0.05, 0.1) is 6.61 Å². The zero-order valence-corrected chi connectivity index (χ0v) is 7.47. The van der Waals surface area contributed by atoms with Gasteiger partial charge in [-0.2, -0.15) is 0 Å². The maximum atomic E-state index is 5.34. The second-order valence-corrected chi connectivity index (χ2v) is 3.24. The van der Waals surface area contributed by atoms with Gasteiger partial charge < -0.3 is 4.74 Å². The first kappa shape index (κ1) is 7.81. The van der Waals surface area contributed by atoms with Crippen LogP contribution >= 0.6 is 0 Å². The fourth-order valence-electron chi connectivity index (χ4n) is 1.56. The van der Waals surface area contributed by atoms with E-state index in [1.807, 2.05) is 6.92 Å². The maximum Gasteiger partial charge on any atom is 0.0716 e. The van der Waals surface area contributed by atoms with Gasteiger partial charge in [0.25, 0.3) is 0 Å². The van der Waals surface area contributed by atoms with Gasteiger partial charge in [0, 0.05) is 6.61 Å². The van der Waals surface area contributed by atoms with Gasteiger partial charge in [-0.05, 0) is 36.5 Å². The largest absolute Gasteiger partial charge is 0.377 e. The topological polar surface area (TPSA) is 9.23 Å². The molecule has 0 bridgehead atoms. The smallest absolute Gasteiger partial charge is 0.0716 e. The van der Waals surface area contributed by atoms with Crippen LogP contribution in [-0.2, 0) is 24.2 Å². The van der Waals surface area contributed by atoms with Crippen LogP contribution in [-0.4, -0.2) is 6.61 Å². The summed E-state index contributed by atoms with van der Waals surface area (Å²) in [4.78, 5) is 0. The van der Waals surface area contributed by atoms with Crippen molar-refractivity contribution in [3.05, 3.63) is 34.9 Å². The average molecular weight is 162 g/mol. The first-order valence-corrected chi connectivity index (χ1v) is 4.58. The molecular formula is C11H14O. The molecular weight excluding hydrogens is 148 g/mol. The third kappa shape index (κ3) is 1.37. The Hall–Kier alpha value is -0.820. The Kier molecular flexibility index (Phi) is 2.13. The number of fused-ring (bicyclic) bond motifs is 1. The summed E-state index contributed by atoms with van der Waals surface area (Å²) in [5.41, 5.74) is 4.36. The Morgan fingerprint density at radius 2 is 2.08 bits per heavy atom. The van der Waals surface area contributed by atoms with Gasteiger partial charge in [0.2, 0.25) is 0 Å². The molecule has 1 aromatic carbocycles. The third-order valence-corrected chi connectivity index (χ3v) is 2.41. The number of ether oxygens (including phenoxy) is 1. The molecule has 2 rings (SSSR count). The van der Waals surface area contributed by atoms with Crippen molar-refractivity contribution in [2.24, 2.45) is 0 Å². The molecule has 1 aliphatic rings. The number of hydrogen-bond donors (Lipinski definition) is 0. The molecule has 0 saturated carbocycles. The predicted molar refractivity (Wildman–Crippen MR) is 49.2 cm³/mol. The highest BCUT2D eigenvalue weighted by Crippen LogP contribution is 2.23. The van der Waals surface area contributed by atoms with E-state index >= 15 is 0 Å². The van der Waals surface area contributed by atoms with Crippen molar-refractivity contribution in [2.75, 3.05) is 6.61 Å². The van der Waals surface area contributed by atoms with E-state index in [-0.39, 0.29) is 0 Å². The molecule has 64 valence electrons. The van der Waals surface area contributed by atoms with Gasteiger partial charge in [-0.25, -0.2) is 0 Å². The molecule has 1 nitrogen and oxygen atoms in total. The van der Waals surface area contributed by atoms with E-state index in [9.17, 15) is 0 Å². The molecule has 0 heterocycles. The van der Waals surface area contributed by atoms with Crippen molar-refractivity contribution in [2.45, 2.75) is 26.4 Å². The van der Waals surface area contributed by atoms with Crippen LogP contribution in [0.15, 0.2) is 18.2 Å². The summed E-state index contributed by atoms with van der Waals surface area (Å²) >= 11 is 0. The summed E-state index contributed by atoms with van der Waals surface area (Å²) in [6.45, 7) is 3.60. The highest BCUT2D eigenvalue weighted by Gasteiger charge is 2.12. The van der Waals surface area contributed by atoms with Crippen molar-refractivity contribution in [1.29, 1.82) is 0 Å². The van der Waals surface area contributed by atoms with Crippen LogP contribution in [0.5, 0.6) is 0 Å². The first-order valence-electron chi connectivity index (χ1n) is 4.58. The molecule has 0 atom stereocenters. The molecule has 1 aliphatic carbocycles. The third-order valence-electron chi connectivity index (χ3n) is 2.41. The van der Waals surface area contributed by atoms with Crippen molar-refractivity contribution in [1.82, 2.24) is 0 Å². The normalized spacial score (nSPS) is 13.8. The second kappa shape index (κ2) is 3.28. The van der Waals surface area contributed by atoms with Crippen LogP contribution in [0, 0.1) is 0 Å². The number of rotatable bonds is 3. The van der Waals surface area contributed by atoms with Crippen molar-refractivity contribution >= 4 is 0 Å². The zero-order valence-electron chi connectivity index (χ0n) is 7.47. The van der Waals surface area contributed by atoms with Crippen molar-refractivity contribution < 1.29 is 4.74 Å². The maximum absolute atomic E-state index is 5.34. The summed E-state index contributed by atoms with van der Waals surface area (Å²) in [5.74, 6) is 0. The lowest BCUT2D eigenvalue weighted by Crippen LogP contribution is -2.08. The van der Waals surface area contributed by atoms with E-state index in [1.165, 1.54) is 29.5 Å². The number of benzene rings is 1. The standard InChI is InChI=1S/C11H14O/c1-2-12-8-9-3-4-10-5-6-11(10)7-9/h3-4,7H,2,5-6,8H2,1H3. The zero-order chi connectivity index (χ0) is 8.39. The summed E-state index contributed by atoms with van der Waals surface area (Å²) in [6.07, 6.45) is 2.53. The fraction of sp³-hybridized carbons (Fsp3) is 0.455. The second-order valence-electron chi connectivity index (χ2n) is 3.24. The highest BCUT2D eigenvalue weighted by molar-refractivity contribution is 5.38. The van der Waals surface area contributed by atoms with Gasteiger partial charge >= 0.3 is 0 Å². The molecule has 0 radical (unpaired) electrons. The van der Waals surface area contributed by atoms with Gasteiger partial charge in [0.15, 0.2) is 0 Å². The Morgan fingerprint density at radius 3 is 2.67 bits per heavy atom. The van der Waals surface area contributed by atoms with Crippen LogP contribution in [0.1, 0.15) is 23.6 Å². The van der Waals surface area contributed by atoms with Crippen LogP contribution in [0.3, 0.4) is 0 Å². The molecule has 0 aliphatic heterocycles. The lowest BCUT2D eigenvalue weighted by atomic mass is 9.87. The van der Waals surface area contributed by atoms with Gasteiger partial charge in [-0.1, -0.05) is 18.2 Å². The van der Waals surface area contributed by atoms with Crippen LogP contribution in [0.2, 0.25) is 0 Å². The summed E-state index contributed by atoms with van der Waals surface area (Å²) in [7, 11) is 0. The Labute approximate surface area is 73.4 Å². The van der Waals surface area contributed by atoms with E-state index in [0.717, 1.165) is 13.2 Å². The van der Waals surface area contributed by atoms with E-state index in [0.29, 0.717) is 0 Å². The molecule has 0 N–H and O–H groups in total. The fourth-order valence-corrected chi connectivity index (χ4v) is 1.56. The minimum atomic E-state index is 0.768. The van der Waals surface area contributed by atoms with Gasteiger partial charge in [0.1, 0.15) is 0 Å². The van der Waals surface area contributed by atoms with Crippen molar-refractivity contribution in [3.8, 4) is 0 Å². The number of hydrogen-bond acceptors (Lipinski definition) is 1. The Balaban J connectivity index is 2.08. The quantitative estimate of drug-likeness (QED) is 0.662. The number of aryl methyl sites for hydroxylation is 2. The molecule has 0 amide bonds.